The summed E-state index contributed by atoms with van der Waals surface area (Å²) in [4.78, 5) is 13.7. The SMILES string of the molecule is NCC1(N2CCCNC2=O)CCCC1. The van der Waals surface area contributed by atoms with E-state index in [4.69, 9.17) is 5.73 Å². The van der Waals surface area contributed by atoms with Crippen molar-refractivity contribution in [2.75, 3.05) is 19.6 Å². The first-order chi connectivity index (χ1) is 6.78. The molecule has 2 aliphatic rings. The standard InChI is InChI=1S/C10H19N3O/c11-8-10(4-1-2-5-10)13-7-3-6-12-9(13)14/h1-8,11H2,(H,12,14). The van der Waals surface area contributed by atoms with E-state index < -0.39 is 0 Å². The van der Waals surface area contributed by atoms with Crippen molar-refractivity contribution in [1.82, 2.24) is 10.2 Å². The highest BCUT2D eigenvalue weighted by atomic mass is 16.2. The Morgan fingerprint density at radius 3 is 2.64 bits per heavy atom. The molecule has 14 heavy (non-hydrogen) atoms. The summed E-state index contributed by atoms with van der Waals surface area (Å²) in [6.45, 7) is 2.30. The first kappa shape index (κ1) is 9.77. The van der Waals surface area contributed by atoms with Crippen LogP contribution < -0.4 is 11.1 Å². The van der Waals surface area contributed by atoms with Crippen LogP contribution in [0.15, 0.2) is 0 Å². The summed E-state index contributed by atoms with van der Waals surface area (Å²) >= 11 is 0. The molecule has 1 saturated heterocycles. The second-order valence-electron chi connectivity index (χ2n) is 4.37. The summed E-state index contributed by atoms with van der Waals surface area (Å²) in [6.07, 6.45) is 5.63. The summed E-state index contributed by atoms with van der Waals surface area (Å²) in [6, 6.07) is 0.0867. The van der Waals surface area contributed by atoms with Gasteiger partial charge in [-0.1, -0.05) is 12.8 Å². The summed E-state index contributed by atoms with van der Waals surface area (Å²) in [5, 5.41) is 2.90. The molecule has 0 aromatic carbocycles. The smallest absolute Gasteiger partial charge is 0.317 e. The van der Waals surface area contributed by atoms with Gasteiger partial charge in [0.15, 0.2) is 0 Å². The number of rotatable bonds is 2. The Hall–Kier alpha value is -0.770. The van der Waals surface area contributed by atoms with E-state index >= 15 is 0 Å². The van der Waals surface area contributed by atoms with Crippen molar-refractivity contribution in [3.8, 4) is 0 Å². The van der Waals surface area contributed by atoms with Crippen LogP contribution in [0.5, 0.6) is 0 Å². The van der Waals surface area contributed by atoms with Gasteiger partial charge in [-0.15, -0.1) is 0 Å². The van der Waals surface area contributed by atoms with Gasteiger partial charge >= 0.3 is 6.03 Å². The molecule has 4 heteroatoms. The molecule has 1 heterocycles. The van der Waals surface area contributed by atoms with Crippen LogP contribution in [0.25, 0.3) is 0 Å². The average molecular weight is 197 g/mol. The Labute approximate surface area is 84.8 Å². The monoisotopic (exact) mass is 197 g/mol. The topological polar surface area (TPSA) is 58.4 Å². The van der Waals surface area contributed by atoms with E-state index in [2.05, 4.69) is 5.32 Å². The zero-order valence-electron chi connectivity index (χ0n) is 8.59. The number of amides is 2. The van der Waals surface area contributed by atoms with E-state index in [9.17, 15) is 4.79 Å². The minimum Gasteiger partial charge on any atom is -0.338 e. The number of hydrogen-bond acceptors (Lipinski definition) is 2. The van der Waals surface area contributed by atoms with Crippen LogP contribution >= 0.6 is 0 Å². The molecule has 0 aromatic heterocycles. The van der Waals surface area contributed by atoms with Gasteiger partial charge in [-0.3, -0.25) is 0 Å². The molecule has 0 radical (unpaired) electrons. The number of carbonyl (C=O) groups is 1. The molecule has 1 saturated carbocycles. The summed E-state index contributed by atoms with van der Waals surface area (Å²) in [7, 11) is 0. The molecular weight excluding hydrogens is 178 g/mol. The maximum absolute atomic E-state index is 11.7. The van der Waals surface area contributed by atoms with E-state index in [0.29, 0.717) is 6.54 Å². The molecule has 2 rings (SSSR count). The van der Waals surface area contributed by atoms with Gasteiger partial charge in [0.25, 0.3) is 0 Å². The lowest BCUT2D eigenvalue weighted by molar-refractivity contribution is 0.107. The first-order valence-corrected chi connectivity index (χ1v) is 5.54. The van der Waals surface area contributed by atoms with E-state index in [1.165, 1.54) is 12.8 Å². The molecular formula is C10H19N3O. The van der Waals surface area contributed by atoms with E-state index in [0.717, 1.165) is 32.4 Å². The fourth-order valence-corrected chi connectivity index (χ4v) is 2.70. The Bertz CT molecular complexity index is 223. The number of carbonyl (C=O) groups excluding carboxylic acids is 1. The summed E-state index contributed by atoms with van der Waals surface area (Å²) < 4.78 is 0. The van der Waals surface area contributed by atoms with Crippen molar-refractivity contribution < 1.29 is 4.79 Å². The van der Waals surface area contributed by atoms with E-state index in [1.54, 1.807) is 0 Å². The van der Waals surface area contributed by atoms with Crippen LogP contribution in [0.3, 0.4) is 0 Å². The fourth-order valence-electron chi connectivity index (χ4n) is 2.70. The second kappa shape index (κ2) is 3.77. The van der Waals surface area contributed by atoms with Crippen LogP contribution in [-0.2, 0) is 0 Å². The molecule has 80 valence electrons. The highest BCUT2D eigenvalue weighted by molar-refractivity contribution is 5.75. The number of hydrogen-bond donors (Lipinski definition) is 2. The predicted molar refractivity (Wildman–Crippen MR) is 55.0 cm³/mol. The summed E-state index contributed by atoms with van der Waals surface area (Å²) in [5.41, 5.74) is 5.82. The molecule has 1 aliphatic heterocycles. The highest BCUT2D eigenvalue weighted by Gasteiger charge is 2.41. The second-order valence-corrected chi connectivity index (χ2v) is 4.37. The van der Waals surface area contributed by atoms with Gasteiger partial charge in [-0.2, -0.15) is 0 Å². The van der Waals surface area contributed by atoms with Crippen molar-refractivity contribution in [3.63, 3.8) is 0 Å². The molecule has 0 atom stereocenters. The molecule has 2 amide bonds. The number of nitrogens with one attached hydrogen (secondary N) is 1. The number of nitrogens with zero attached hydrogens (tertiary/aromatic N) is 1. The molecule has 0 unspecified atom stereocenters. The molecule has 0 bridgehead atoms. The van der Waals surface area contributed by atoms with Crippen LogP contribution in [0.2, 0.25) is 0 Å². The third-order valence-electron chi connectivity index (χ3n) is 3.57. The lowest BCUT2D eigenvalue weighted by Gasteiger charge is -2.42. The zero-order chi connectivity index (χ0) is 10.0. The van der Waals surface area contributed by atoms with E-state index in [1.807, 2.05) is 4.90 Å². The van der Waals surface area contributed by atoms with Gasteiger partial charge in [0, 0.05) is 19.6 Å². The van der Waals surface area contributed by atoms with Crippen LogP contribution in [0, 0.1) is 0 Å². The quantitative estimate of drug-likeness (QED) is 0.683. The molecule has 1 aliphatic carbocycles. The third-order valence-corrected chi connectivity index (χ3v) is 3.57. The molecule has 4 nitrogen and oxygen atoms in total. The van der Waals surface area contributed by atoms with Crippen LogP contribution in [0.4, 0.5) is 4.79 Å². The van der Waals surface area contributed by atoms with Crippen molar-refractivity contribution in [2.24, 2.45) is 5.73 Å². The number of nitrogens with two attached hydrogens (primary N) is 1. The zero-order valence-corrected chi connectivity index (χ0v) is 8.59. The molecule has 0 aromatic rings. The predicted octanol–water partition coefficient (Wildman–Crippen LogP) is 0.673. The van der Waals surface area contributed by atoms with Gasteiger partial charge < -0.3 is 16.0 Å². The lowest BCUT2D eigenvalue weighted by atomic mass is 9.94. The minimum atomic E-state index is -0.0233. The lowest BCUT2D eigenvalue weighted by Crippen LogP contribution is -2.60. The van der Waals surface area contributed by atoms with Gasteiger partial charge in [0.2, 0.25) is 0 Å². The molecule has 2 fully saturated rings. The van der Waals surface area contributed by atoms with Gasteiger partial charge in [-0.05, 0) is 19.3 Å². The van der Waals surface area contributed by atoms with Crippen LogP contribution in [-0.4, -0.2) is 36.1 Å². The average Bonchev–Trinajstić information content (AvgIpc) is 2.68. The van der Waals surface area contributed by atoms with Gasteiger partial charge in [0.1, 0.15) is 0 Å². The largest absolute Gasteiger partial charge is 0.338 e. The fraction of sp³-hybridized carbons (Fsp3) is 0.900. The summed E-state index contributed by atoms with van der Waals surface area (Å²) in [5.74, 6) is 0. The first-order valence-electron chi connectivity index (χ1n) is 5.54. The minimum absolute atomic E-state index is 0.0233. The van der Waals surface area contributed by atoms with Crippen LogP contribution in [0.1, 0.15) is 32.1 Å². The Balaban J connectivity index is 2.13. The van der Waals surface area contributed by atoms with Crippen molar-refractivity contribution in [1.29, 1.82) is 0 Å². The Kier molecular flexibility index (Phi) is 2.63. The van der Waals surface area contributed by atoms with Crippen molar-refractivity contribution in [3.05, 3.63) is 0 Å². The van der Waals surface area contributed by atoms with Gasteiger partial charge in [0.05, 0.1) is 5.54 Å². The Morgan fingerprint density at radius 2 is 2.07 bits per heavy atom. The number of urea groups is 1. The van der Waals surface area contributed by atoms with Gasteiger partial charge in [-0.25, -0.2) is 4.79 Å². The Morgan fingerprint density at radius 1 is 1.36 bits per heavy atom. The third kappa shape index (κ3) is 1.47. The van der Waals surface area contributed by atoms with Crippen molar-refractivity contribution >= 4 is 6.03 Å². The maximum atomic E-state index is 11.7. The normalized spacial score (nSPS) is 26.4. The molecule has 3 N–H and O–H groups in total. The van der Waals surface area contributed by atoms with E-state index in [-0.39, 0.29) is 11.6 Å². The molecule has 0 spiro atoms. The highest BCUT2D eigenvalue weighted by Crippen LogP contribution is 2.35. The van der Waals surface area contributed by atoms with Crippen molar-refractivity contribution in [2.45, 2.75) is 37.6 Å². The maximum Gasteiger partial charge on any atom is 0.317 e.